The molecule has 1 aromatic heterocycles. The van der Waals surface area contributed by atoms with Crippen molar-refractivity contribution in [3.63, 3.8) is 0 Å². The van der Waals surface area contributed by atoms with Crippen molar-refractivity contribution in [3.8, 4) is 0 Å². The van der Waals surface area contributed by atoms with Gasteiger partial charge in [-0.15, -0.1) is 0 Å². The lowest BCUT2D eigenvalue weighted by Gasteiger charge is -2.29. The molecule has 19 heavy (non-hydrogen) atoms. The molecule has 2 aromatic rings. The third-order valence-electron chi connectivity index (χ3n) is 4.57. The van der Waals surface area contributed by atoms with Crippen molar-refractivity contribution >= 4 is 23.3 Å². The van der Waals surface area contributed by atoms with E-state index < -0.39 is 0 Å². The molecular weight excluding hydrogens is 252 g/mol. The molecule has 102 valence electrons. The maximum atomic E-state index is 5.56. The third kappa shape index (κ3) is 2.36. The van der Waals surface area contributed by atoms with Crippen LogP contribution in [0.2, 0.25) is 0 Å². The summed E-state index contributed by atoms with van der Waals surface area (Å²) in [6.45, 7) is 4.44. The molecule has 0 spiro atoms. The number of fused-ring (bicyclic) bond motifs is 1. The van der Waals surface area contributed by atoms with Crippen LogP contribution in [0.4, 0.5) is 0 Å². The molecule has 1 saturated carbocycles. The van der Waals surface area contributed by atoms with Gasteiger partial charge in [0.25, 0.3) is 0 Å². The van der Waals surface area contributed by atoms with Crippen LogP contribution >= 0.6 is 12.2 Å². The van der Waals surface area contributed by atoms with Crippen LogP contribution in [0.5, 0.6) is 0 Å². The molecule has 1 aromatic carbocycles. The fourth-order valence-electron chi connectivity index (χ4n) is 3.48. The maximum absolute atomic E-state index is 5.56. The van der Waals surface area contributed by atoms with Gasteiger partial charge in [0.05, 0.1) is 11.0 Å². The number of nitrogens with one attached hydrogen (secondary N) is 1. The highest BCUT2D eigenvalue weighted by atomic mass is 32.1. The van der Waals surface area contributed by atoms with Gasteiger partial charge < -0.3 is 9.55 Å². The molecule has 1 heterocycles. The zero-order valence-electron chi connectivity index (χ0n) is 11.8. The zero-order valence-corrected chi connectivity index (χ0v) is 12.6. The van der Waals surface area contributed by atoms with E-state index in [1.165, 1.54) is 48.7 Å². The molecule has 0 aliphatic heterocycles. The summed E-state index contributed by atoms with van der Waals surface area (Å²) in [6.07, 6.45) is 6.58. The van der Waals surface area contributed by atoms with E-state index in [1.54, 1.807) is 0 Å². The number of nitrogens with zero attached hydrogens (tertiary/aromatic N) is 1. The fraction of sp³-hybridized carbons (Fsp3) is 0.562. The van der Waals surface area contributed by atoms with Gasteiger partial charge in [-0.25, -0.2) is 0 Å². The predicted molar refractivity (Wildman–Crippen MR) is 83.1 cm³/mol. The molecule has 2 atom stereocenters. The second-order valence-electron chi connectivity index (χ2n) is 5.92. The first kappa shape index (κ1) is 12.9. The van der Waals surface area contributed by atoms with E-state index in [2.05, 4.69) is 41.6 Å². The Morgan fingerprint density at radius 2 is 2.21 bits per heavy atom. The number of H-pyrrole nitrogens is 1. The summed E-state index contributed by atoms with van der Waals surface area (Å²) >= 11 is 5.56. The second-order valence-corrected chi connectivity index (χ2v) is 6.30. The highest BCUT2D eigenvalue weighted by Crippen LogP contribution is 2.36. The number of aromatic nitrogens is 2. The topological polar surface area (TPSA) is 20.7 Å². The van der Waals surface area contributed by atoms with Gasteiger partial charge in [0.1, 0.15) is 0 Å². The Bertz CT molecular complexity index is 638. The molecule has 0 radical (unpaired) electrons. The van der Waals surface area contributed by atoms with E-state index in [1.807, 2.05) is 0 Å². The molecule has 1 fully saturated rings. The number of aromatic amines is 1. The van der Waals surface area contributed by atoms with Crippen molar-refractivity contribution in [2.75, 3.05) is 0 Å². The van der Waals surface area contributed by atoms with Gasteiger partial charge in [0, 0.05) is 6.04 Å². The Hall–Kier alpha value is -1.09. The van der Waals surface area contributed by atoms with Crippen molar-refractivity contribution in [3.05, 3.63) is 28.5 Å². The van der Waals surface area contributed by atoms with Gasteiger partial charge in [-0.3, -0.25) is 0 Å². The van der Waals surface area contributed by atoms with Crippen LogP contribution in [0.3, 0.4) is 0 Å². The summed E-state index contributed by atoms with van der Waals surface area (Å²) in [5, 5.41) is 0. The molecule has 0 amide bonds. The van der Waals surface area contributed by atoms with E-state index in [9.17, 15) is 0 Å². The maximum Gasteiger partial charge on any atom is 0.178 e. The summed E-state index contributed by atoms with van der Waals surface area (Å²) in [7, 11) is 0. The summed E-state index contributed by atoms with van der Waals surface area (Å²) < 4.78 is 3.26. The lowest BCUT2D eigenvalue weighted by Crippen LogP contribution is -2.19. The Balaban J connectivity index is 2.04. The third-order valence-corrected chi connectivity index (χ3v) is 4.87. The SMILES string of the molecule is CCC1CCCC(n2c(=S)[nH]c3cc(C)ccc32)C1. The van der Waals surface area contributed by atoms with Crippen LogP contribution in [0.15, 0.2) is 18.2 Å². The molecular formula is C16H22N2S. The first-order valence-electron chi connectivity index (χ1n) is 7.40. The van der Waals surface area contributed by atoms with E-state index in [0.717, 1.165) is 10.7 Å². The average Bonchev–Trinajstić information content (AvgIpc) is 2.73. The molecule has 2 nitrogen and oxygen atoms in total. The van der Waals surface area contributed by atoms with Crippen molar-refractivity contribution in [1.29, 1.82) is 0 Å². The minimum Gasteiger partial charge on any atom is -0.331 e. The first-order valence-corrected chi connectivity index (χ1v) is 7.80. The summed E-state index contributed by atoms with van der Waals surface area (Å²) in [5.74, 6) is 0.871. The molecule has 1 aliphatic carbocycles. The highest BCUT2D eigenvalue weighted by molar-refractivity contribution is 7.71. The minimum atomic E-state index is 0.586. The van der Waals surface area contributed by atoms with Gasteiger partial charge in [0.15, 0.2) is 4.77 Å². The predicted octanol–water partition coefficient (Wildman–Crippen LogP) is 5.15. The highest BCUT2D eigenvalue weighted by Gasteiger charge is 2.23. The number of hydrogen-bond donors (Lipinski definition) is 1. The molecule has 2 unspecified atom stereocenters. The van der Waals surface area contributed by atoms with Crippen molar-refractivity contribution < 1.29 is 0 Å². The first-order chi connectivity index (χ1) is 9.19. The Labute approximate surface area is 119 Å². The fourth-order valence-corrected chi connectivity index (χ4v) is 3.83. The average molecular weight is 274 g/mol. The molecule has 0 saturated heterocycles. The number of aryl methyl sites for hydroxylation is 1. The van der Waals surface area contributed by atoms with Crippen LogP contribution in [-0.2, 0) is 0 Å². The lowest BCUT2D eigenvalue weighted by molar-refractivity contribution is 0.264. The summed E-state index contributed by atoms with van der Waals surface area (Å²) in [5.41, 5.74) is 3.74. The van der Waals surface area contributed by atoms with E-state index in [0.29, 0.717) is 6.04 Å². The molecule has 1 N–H and O–H groups in total. The lowest BCUT2D eigenvalue weighted by atomic mass is 9.84. The molecule has 0 bridgehead atoms. The largest absolute Gasteiger partial charge is 0.331 e. The van der Waals surface area contributed by atoms with Crippen LogP contribution < -0.4 is 0 Å². The monoisotopic (exact) mass is 274 g/mol. The molecule has 1 aliphatic rings. The van der Waals surface area contributed by atoms with Gasteiger partial charge in [-0.1, -0.05) is 32.3 Å². The van der Waals surface area contributed by atoms with Gasteiger partial charge in [-0.2, -0.15) is 0 Å². The Kier molecular flexibility index (Phi) is 3.48. The zero-order chi connectivity index (χ0) is 13.4. The van der Waals surface area contributed by atoms with E-state index in [4.69, 9.17) is 12.2 Å². The Morgan fingerprint density at radius 3 is 3.00 bits per heavy atom. The Morgan fingerprint density at radius 1 is 1.37 bits per heavy atom. The van der Waals surface area contributed by atoms with Crippen LogP contribution in [-0.4, -0.2) is 9.55 Å². The van der Waals surface area contributed by atoms with Crippen molar-refractivity contribution in [2.24, 2.45) is 5.92 Å². The number of hydrogen-bond acceptors (Lipinski definition) is 1. The van der Waals surface area contributed by atoms with Gasteiger partial charge >= 0.3 is 0 Å². The van der Waals surface area contributed by atoms with E-state index in [-0.39, 0.29) is 0 Å². The molecule has 3 heteroatoms. The quantitative estimate of drug-likeness (QED) is 0.751. The normalized spacial score (nSPS) is 23.9. The van der Waals surface area contributed by atoms with Crippen LogP contribution in [0.25, 0.3) is 11.0 Å². The van der Waals surface area contributed by atoms with Crippen molar-refractivity contribution in [2.45, 2.75) is 52.0 Å². The number of imidazole rings is 1. The smallest absolute Gasteiger partial charge is 0.178 e. The van der Waals surface area contributed by atoms with Gasteiger partial charge in [-0.05, 0) is 55.6 Å². The number of rotatable bonds is 2. The van der Waals surface area contributed by atoms with Crippen LogP contribution in [0.1, 0.15) is 50.6 Å². The van der Waals surface area contributed by atoms with Crippen LogP contribution in [0, 0.1) is 17.6 Å². The minimum absolute atomic E-state index is 0.586. The summed E-state index contributed by atoms with van der Waals surface area (Å²) in [4.78, 5) is 3.38. The van der Waals surface area contributed by atoms with Crippen molar-refractivity contribution in [1.82, 2.24) is 9.55 Å². The second kappa shape index (κ2) is 5.12. The van der Waals surface area contributed by atoms with E-state index >= 15 is 0 Å². The standard InChI is InChI=1S/C16H22N2S/c1-3-12-5-4-6-13(10-12)18-15-8-7-11(2)9-14(15)17-16(18)19/h7-9,12-13H,3-6,10H2,1-2H3,(H,17,19). The number of benzene rings is 1. The summed E-state index contributed by atoms with van der Waals surface area (Å²) in [6, 6.07) is 7.18. The molecule has 3 rings (SSSR count). The van der Waals surface area contributed by atoms with Gasteiger partial charge in [0.2, 0.25) is 0 Å².